The van der Waals surface area contributed by atoms with Crippen LogP contribution in [0, 0.1) is 0 Å². The van der Waals surface area contributed by atoms with Crippen LogP contribution in [0.25, 0.3) is 0 Å². The van der Waals surface area contributed by atoms with Crippen LogP contribution < -0.4 is 4.74 Å². The number of carbonyl (C=O) groups excluding carboxylic acids is 2. The van der Waals surface area contributed by atoms with Gasteiger partial charge < -0.3 is 18.9 Å². The maximum Gasteiger partial charge on any atom is 0.303 e. The molecule has 1 aliphatic rings. The minimum atomic E-state index is -0.642. The standard InChI is InChI=1S/C16H20O6/c1-10-16(21-12(3)18)14(20-11(2)17)9-15(19-10)22-13-7-5-4-6-8-13/h4-8,10,14-16H,9H2,1-3H3/t10?,14-,15+,16?/m1/s1. The van der Waals surface area contributed by atoms with Crippen molar-refractivity contribution in [3.8, 4) is 5.75 Å². The smallest absolute Gasteiger partial charge is 0.303 e. The maximum absolute atomic E-state index is 11.3. The SMILES string of the molecule is CC(=O)OC1C(C)O[C@@H](Oc2ccccc2)C[C@H]1OC(C)=O. The second kappa shape index (κ2) is 7.26. The molecule has 22 heavy (non-hydrogen) atoms. The average molecular weight is 308 g/mol. The van der Waals surface area contributed by atoms with E-state index in [-0.39, 0.29) is 6.42 Å². The lowest BCUT2D eigenvalue weighted by atomic mass is 10.0. The number of carbonyl (C=O) groups is 2. The van der Waals surface area contributed by atoms with Gasteiger partial charge in [-0.2, -0.15) is 0 Å². The molecule has 0 spiro atoms. The summed E-state index contributed by atoms with van der Waals surface area (Å²) in [4.78, 5) is 22.5. The van der Waals surface area contributed by atoms with E-state index in [1.165, 1.54) is 13.8 Å². The molecule has 0 N–H and O–H groups in total. The second-order valence-corrected chi connectivity index (χ2v) is 5.16. The van der Waals surface area contributed by atoms with Crippen LogP contribution in [0.4, 0.5) is 0 Å². The lowest BCUT2D eigenvalue weighted by Crippen LogP contribution is -2.52. The average Bonchev–Trinajstić information content (AvgIpc) is 2.43. The molecule has 1 heterocycles. The predicted molar refractivity (Wildman–Crippen MR) is 77.1 cm³/mol. The van der Waals surface area contributed by atoms with Gasteiger partial charge >= 0.3 is 11.9 Å². The molecule has 0 aromatic heterocycles. The van der Waals surface area contributed by atoms with E-state index in [4.69, 9.17) is 18.9 Å². The van der Waals surface area contributed by atoms with E-state index in [9.17, 15) is 9.59 Å². The van der Waals surface area contributed by atoms with Crippen molar-refractivity contribution < 1.29 is 28.5 Å². The molecule has 0 saturated carbocycles. The lowest BCUT2D eigenvalue weighted by Gasteiger charge is -2.38. The van der Waals surface area contributed by atoms with Gasteiger partial charge in [0.25, 0.3) is 0 Å². The van der Waals surface area contributed by atoms with Gasteiger partial charge in [-0.05, 0) is 19.1 Å². The quantitative estimate of drug-likeness (QED) is 0.793. The highest BCUT2D eigenvalue weighted by Crippen LogP contribution is 2.27. The van der Waals surface area contributed by atoms with Crippen LogP contribution in [0.15, 0.2) is 30.3 Å². The molecule has 1 fully saturated rings. The van der Waals surface area contributed by atoms with E-state index < -0.39 is 36.5 Å². The summed E-state index contributed by atoms with van der Waals surface area (Å²) in [5.74, 6) is -0.220. The molecular weight excluding hydrogens is 288 g/mol. The van der Waals surface area contributed by atoms with E-state index in [0.29, 0.717) is 5.75 Å². The van der Waals surface area contributed by atoms with Crippen LogP contribution >= 0.6 is 0 Å². The highest BCUT2D eigenvalue weighted by atomic mass is 16.7. The van der Waals surface area contributed by atoms with Crippen molar-refractivity contribution in [2.45, 2.75) is 51.8 Å². The third-order valence-corrected chi connectivity index (χ3v) is 3.25. The molecule has 2 unspecified atom stereocenters. The Morgan fingerprint density at radius 2 is 1.73 bits per heavy atom. The number of esters is 2. The van der Waals surface area contributed by atoms with Gasteiger partial charge in [-0.1, -0.05) is 18.2 Å². The Hall–Kier alpha value is -2.08. The fourth-order valence-electron chi connectivity index (χ4n) is 2.42. The Bertz CT molecular complexity index is 515. The van der Waals surface area contributed by atoms with E-state index in [0.717, 1.165) is 0 Å². The third kappa shape index (κ3) is 4.46. The van der Waals surface area contributed by atoms with Gasteiger partial charge in [-0.3, -0.25) is 9.59 Å². The summed E-state index contributed by atoms with van der Waals surface area (Å²) in [5.41, 5.74) is 0. The van der Waals surface area contributed by atoms with Crippen molar-refractivity contribution in [3.05, 3.63) is 30.3 Å². The number of benzene rings is 1. The highest BCUT2D eigenvalue weighted by molar-refractivity contribution is 5.67. The minimum absolute atomic E-state index is 0.288. The predicted octanol–water partition coefficient (Wildman–Crippen LogP) is 2.06. The molecule has 4 atom stereocenters. The van der Waals surface area contributed by atoms with Crippen molar-refractivity contribution in [2.24, 2.45) is 0 Å². The fourth-order valence-corrected chi connectivity index (χ4v) is 2.42. The topological polar surface area (TPSA) is 71.1 Å². The van der Waals surface area contributed by atoms with E-state index in [2.05, 4.69) is 0 Å². The molecule has 1 aromatic carbocycles. The van der Waals surface area contributed by atoms with Crippen molar-refractivity contribution >= 4 is 11.9 Å². The van der Waals surface area contributed by atoms with Crippen molar-refractivity contribution in [1.29, 1.82) is 0 Å². The zero-order chi connectivity index (χ0) is 16.1. The monoisotopic (exact) mass is 308 g/mol. The van der Waals surface area contributed by atoms with Crippen LogP contribution in [0.1, 0.15) is 27.2 Å². The van der Waals surface area contributed by atoms with Crippen molar-refractivity contribution in [2.75, 3.05) is 0 Å². The van der Waals surface area contributed by atoms with Gasteiger partial charge in [-0.15, -0.1) is 0 Å². The molecule has 120 valence electrons. The van der Waals surface area contributed by atoms with Crippen LogP contribution in [-0.4, -0.2) is 36.5 Å². The zero-order valence-electron chi connectivity index (χ0n) is 12.9. The summed E-state index contributed by atoms with van der Waals surface area (Å²) in [5, 5.41) is 0. The fraction of sp³-hybridized carbons (Fsp3) is 0.500. The first-order chi connectivity index (χ1) is 10.5. The molecule has 2 rings (SSSR count). The zero-order valence-corrected chi connectivity index (χ0v) is 12.9. The van der Waals surface area contributed by atoms with Crippen LogP contribution in [0.3, 0.4) is 0 Å². The van der Waals surface area contributed by atoms with Crippen LogP contribution in [0.2, 0.25) is 0 Å². The lowest BCUT2D eigenvalue weighted by molar-refractivity contribution is -0.233. The molecule has 6 nitrogen and oxygen atoms in total. The van der Waals surface area contributed by atoms with Crippen molar-refractivity contribution in [1.82, 2.24) is 0 Å². The number of ether oxygens (including phenoxy) is 4. The van der Waals surface area contributed by atoms with Gasteiger partial charge in [0.15, 0.2) is 6.10 Å². The summed E-state index contributed by atoms with van der Waals surface area (Å²) < 4.78 is 21.9. The minimum Gasteiger partial charge on any atom is -0.465 e. The summed E-state index contributed by atoms with van der Waals surface area (Å²) in [7, 11) is 0. The van der Waals surface area contributed by atoms with Crippen molar-refractivity contribution in [3.63, 3.8) is 0 Å². The van der Waals surface area contributed by atoms with E-state index in [1.807, 2.05) is 30.3 Å². The number of rotatable bonds is 4. The Kier molecular flexibility index (Phi) is 5.38. The molecule has 1 aliphatic heterocycles. The number of para-hydroxylation sites is 1. The molecule has 6 heteroatoms. The Balaban J connectivity index is 2.07. The van der Waals surface area contributed by atoms with Gasteiger partial charge in [0.05, 0.1) is 12.5 Å². The normalized spacial score (nSPS) is 27.8. The number of hydrogen-bond acceptors (Lipinski definition) is 6. The Morgan fingerprint density at radius 1 is 1.09 bits per heavy atom. The first kappa shape index (κ1) is 16.3. The summed E-state index contributed by atoms with van der Waals surface area (Å²) in [6.45, 7) is 4.38. The molecule has 1 aromatic rings. The first-order valence-electron chi connectivity index (χ1n) is 7.17. The van der Waals surface area contributed by atoms with E-state index in [1.54, 1.807) is 6.92 Å². The molecule has 0 aliphatic carbocycles. The summed E-state index contributed by atoms with van der Waals surface area (Å²) in [6, 6.07) is 9.22. The van der Waals surface area contributed by atoms with Gasteiger partial charge in [0.2, 0.25) is 6.29 Å². The van der Waals surface area contributed by atoms with Crippen LogP contribution in [0.5, 0.6) is 5.75 Å². The maximum atomic E-state index is 11.3. The summed E-state index contributed by atoms with van der Waals surface area (Å²) >= 11 is 0. The molecular formula is C16H20O6. The largest absolute Gasteiger partial charge is 0.465 e. The van der Waals surface area contributed by atoms with E-state index >= 15 is 0 Å². The molecule has 1 saturated heterocycles. The Morgan fingerprint density at radius 3 is 2.32 bits per heavy atom. The Labute approximate surface area is 129 Å². The van der Waals surface area contributed by atoms with Gasteiger partial charge in [0, 0.05) is 13.8 Å². The van der Waals surface area contributed by atoms with Gasteiger partial charge in [0.1, 0.15) is 11.9 Å². The number of hydrogen-bond donors (Lipinski definition) is 0. The molecule has 0 bridgehead atoms. The first-order valence-corrected chi connectivity index (χ1v) is 7.17. The molecule has 0 radical (unpaired) electrons. The highest BCUT2D eigenvalue weighted by Gasteiger charge is 2.41. The van der Waals surface area contributed by atoms with Crippen LogP contribution in [-0.2, 0) is 23.8 Å². The second-order valence-electron chi connectivity index (χ2n) is 5.16. The summed E-state index contributed by atoms with van der Waals surface area (Å²) in [6.07, 6.45) is -1.98. The molecule has 0 amide bonds. The third-order valence-electron chi connectivity index (χ3n) is 3.25. The van der Waals surface area contributed by atoms with Gasteiger partial charge in [-0.25, -0.2) is 0 Å².